The Labute approximate surface area is 98.0 Å². The molecule has 1 unspecified atom stereocenters. The average molecular weight is 238 g/mol. The molecule has 0 saturated carbocycles. The van der Waals surface area contributed by atoms with Gasteiger partial charge in [0.25, 0.3) is 5.91 Å². The van der Waals surface area contributed by atoms with Crippen LogP contribution in [0.5, 0.6) is 0 Å². The Hall–Kier alpha value is -2.02. The van der Waals surface area contributed by atoms with Gasteiger partial charge in [0.1, 0.15) is 6.10 Å². The van der Waals surface area contributed by atoms with Gasteiger partial charge in [-0.15, -0.1) is 0 Å². The number of carbonyl (C=O) groups is 2. The second-order valence-electron chi connectivity index (χ2n) is 3.61. The van der Waals surface area contributed by atoms with Gasteiger partial charge in [-0.2, -0.15) is 10.2 Å². The van der Waals surface area contributed by atoms with Crippen LogP contribution >= 0.6 is 0 Å². The number of amides is 2. The quantitative estimate of drug-likeness (QED) is 0.600. The van der Waals surface area contributed by atoms with E-state index < -0.39 is 17.9 Å². The molecule has 0 aliphatic rings. The van der Waals surface area contributed by atoms with E-state index in [1.807, 2.05) is 0 Å². The normalized spacial score (nSPS) is 11.9. The minimum Gasteiger partial charge on any atom is -0.381 e. The minimum absolute atomic E-state index is 0.227. The molecular weight excluding hydrogens is 224 g/mol. The molecule has 1 aromatic heterocycles. The lowest BCUT2D eigenvalue weighted by Crippen LogP contribution is -2.40. The zero-order valence-electron chi connectivity index (χ0n) is 9.60. The van der Waals surface area contributed by atoms with Crippen LogP contribution < -0.4 is 11.1 Å². The van der Waals surface area contributed by atoms with Crippen LogP contribution in [0, 0.1) is 13.8 Å². The first-order valence-corrected chi connectivity index (χ1v) is 4.98. The highest BCUT2D eigenvalue weighted by Gasteiger charge is 2.15. The van der Waals surface area contributed by atoms with E-state index in [-0.39, 0.29) is 6.54 Å². The summed E-state index contributed by atoms with van der Waals surface area (Å²) >= 11 is 0. The first kappa shape index (κ1) is 13.0. The second-order valence-corrected chi connectivity index (χ2v) is 3.61. The van der Waals surface area contributed by atoms with Gasteiger partial charge in [0.05, 0.1) is 23.5 Å². The number of carbonyl (C=O) groups excluding carboxylic acids is 2. The Balaban J connectivity index is 2.70. The van der Waals surface area contributed by atoms with Gasteiger partial charge in [-0.1, -0.05) is 0 Å². The molecule has 0 spiro atoms. The zero-order chi connectivity index (χ0) is 13.0. The molecule has 0 bridgehead atoms. The van der Waals surface area contributed by atoms with E-state index in [1.54, 1.807) is 19.9 Å². The lowest BCUT2D eigenvalue weighted by atomic mass is 10.2. The standard InChI is InChI=1S/C10H14N4O3/c1-5-3-7(6(2)14-13-5)10(17)12-4-8(15)9(11)16/h3,8,15H,4H2,1-2H3,(H2,11,16)(H,12,17). The number of primary amides is 1. The van der Waals surface area contributed by atoms with E-state index >= 15 is 0 Å². The summed E-state index contributed by atoms with van der Waals surface area (Å²) in [6.45, 7) is 3.13. The van der Waals surface area contributed by atoms with Crippen LogP contribution in [0.4, 0.5) is 0 Å². The van der Waals surface area contributed by atoms with E-state index in [0.717, 1.165) is 0 Å². The summed E-state index contributed by atoms with van der Waals surface area (Å²) in [5.74, 6) is -1.31. The molecule has 1 rings (SSSR count). The van der Waals surface area contributed by atoms with Crippen molar-refractivity contribution in [3.8, 4) is 0 Å². The Morgan fingerprint density at radius 3 is 2.71 bits per heavy atom. The van der Waals surface area contributed by atoms with Crippen LogP contribution in [-0.4, -0.2) is 39.8 Å². The molecule has 0 aromatic carbocycles. The fourth-order valence-electron chi connectivity index (χ4n) is 1.16. The Kier molecular flexibility index (Phi) is 4.11. The molecule has 1 atom stereocenters. The van der Waals surface area contributed by atoms with Crippen molar-refractivity contribution in [3.05, 3.63) is 23.0 Å². The average Bonchev–Trinajstić information content (AvgIpc) is 2.28. The summed E-state index contributed by atoms with van der Waals surface area (Å²) in [5, 5.41) is 19.1. The second kappa shape index (κ2) is 5.35. The van der Waals surface area contributed by atoms with Crippen LogP contribution in [-0.2, 0) is 4.79 Å². The molecule has 0 radical (unpaired) electrons. The molecule has 0 fully saturated rings. The number of aliphatic hydroxyl groups is 1. The van der Waals surface area contributed by atoms with E-state index in [4.69, 9.17) is 10.8 Å². The van der Waals surface area contributed by atoms with Crippen molar-refractivity contribution in [1.82, 2.24) is 15.5 Å². The predicted molar refractivity (Wildman–Crippen MR) is 59.0 cm³/mol. The van der Waals surface area contributed by atoms with Crippen LogP contribution in [0.1, 0.15) is 21.7 Å². The highest BCUT2D eigenvalue weighted by molar-refractivity contribution is 5.95. The maximum absolute atomic E-state index is 11.7. The number of nitrogens with zero attached hydrogens (tertiary/aromatic N) is 2. The van der Waals surface area contributed by atoms with Gasteiger partial charge >= 0.3 is 0 Å². The van der Waals surface area contributed by atoms with Gasteiger partial charge in [0.15, 0.2) is 0 Å². The van der Waals surface area contributed by atoms with Crippen LogP contribution in [0.3, 0.4) is 0 Å². The highest BCUT2D eigenvalue weighted by Crippen LogP contribution is 2.04. The van der Waals surface area contributed by atoms with Gasteiger partial charge in [0, 0.05) is 0 Å². The topological polar surface area (TPSA) is 118 Å². The molecule has 7 heteroatoms. The maximum atomic E-state index is 11.7. The molecule has 0 aliphatic heterocycles. The van der Waals surface area contributed by atoms with Gasteiger partial charge < -0.3 is 16.2 Å². The molecule has 17 heavy (non-hydrogen) atoms. The van der Waals surface area contributed by atoms with E-state index in [0.29, 0.717) is 17.0 Å². The first-order valence-electron chi connectivity index (χ1n) is 4.98. The Morgan fingerprint density at radius 1 is 1.47 bits per heavy atom. The highest BCUT2D eigenvalue weighted by atomic mass is 16.3. The monoisotopic (exact) mass is 238 g/mol. The number of hydrogen-bond donors (Lipinski definition) is 3. The first-order chi connectivity index (χ1) is 7.91. The number of aromatic nitrogens is 2. The van der Waals surface area contributed by atoms with E-state index in [1.165, 1.54) is 0 Å². The smallest absolute Gasteiger partial charge is 0.253 e. The summed E-state index contributed by atoms with van der Waals surface area (Å²) < 4.78 is 0. The van der Waals surface area contributed by atoms with Crippen molar-refractivity contribution >= 4 is 11.8 Å². The van der Waals surface area contributed by atoms with Crippen molar-refractivity contribution < 1.29 is 14.7 Å². The van der Waals surface area contributed by atoms with E-state index in [9.17, 15) is 9.59 Å². The molecule has 0 saturated heterocycles. The number of nitrogens with one attached hydrogen (secondary N) is 1. The summed E-state index contributed by atoms with van der Waals surface area (Å²) in [5.41, 5.74) is 6.29. The molecular formula is C10H14N4O3. The Morgan fingerprint density at radius 2 is 2.12 bits per heavy atom. The Bertz CT molecular complexity index is 447. The van der Waals surface area contributed by atoms with Crippen LogP contribution in [0.25, 0.3) is 0 Å². The molecule has 7 nitrogen and oxygen atoms in total. The fourth-order valence-corrected chi connectivity index (χ4v) is 1.16. The number of nitrogens with two attached hydrogens (primary N) is 1. The molecule has 4 N–H and O–H groups in total. The SMILES string of the molecule is Cc1cc(C(=O)NCC(O)C(N)=O)c(C)nn1. The number of aliphatic hydroxyl groups excluding tert-OH is 1. The third kappa shape index (κ3) is 3.49. The summed E-state index contributed by atoms with van der Waals surface area (Å²) in [4.78, 5) is 22.3. The summed E-state index contributed by atoms with van der Waals surface area (Å²) in [6, 6.07) is 1.58. The van der Waals surface area contributed by atoms with Crippen LogP contribution in [0.2, 0.25) is 0 Å². The third-order valence-electron chi connectivity index (χ3n) is 2.13. The zero-order valence-corrected chi connectivity index (χ0v) is 9.60. The molecule has 1 aromatic rings. The molecule has 2 amide bonds. The fraction of sp³-hybridized carbons (Fsp3) is 0.400. The van der Waals surface area contributed by atoms with Crippen molar-refractivity contribution in [3.63, 3.8) is 0 Å². The van der Waals surface area contributed by atoms with Crippen molar-refractivity contribution in [2.45, 2.75) is 20.0 Å². The van der Waals surface area contributed by atoms with Crippen LogP contribution in [0.15, 0.2) is 6.07 Å². The number of rotatable bonds is 4. The largest absolute Gasteiger partial charge is 0.381 e. The van der Waals surface area contributed by atoms with E-state index in [2.05, 4.69) is 15.5 Å². The summed E-state index contributed by atoms with van der Waals surface area (Å²) in [7, 11) is 0. The van der Waals surface area contributed by atoms with Crippen molar-refractivity contribution in [1.29, 1.82) is 0 Å². The van der Waals surface area contributed by atoms with Gasteiger partial charge in [-0.3, -0.25) is 9.59 Å². The summed E-state index contributed by atoms with van der Waals surface area (Å²) in [6.07, 6.45) is -1.39. The third-order valence-corrected chi connectivity index (χ3v) is 2.13. The minimum atomic E-state index is -1.39. The van der Waals surface area contributed by atoms with Gasteiger partial charge in [0.2, 0.25) is 5.91 Å². The predicted octanol–water partition coefficient (Wildman–Crippen LogP) is -1.33. The number of hydrogen-bond acceptors (Lipinski definition) is 5. The molecule has 92 valence electrons. The molecule has 1 heterocycles. The van der Waals surface area contributed by atoms with Crippen molar-refractivity contribution in [2.24, 2.45) is 5.73 Å². The number of aryl methyl sites for hydroxylation is 2. The maximum Gasteiger partial charge on any atom is 0.253 e. The van der Waals surface area contributed by atoms with Crippen molar-refractivity contribution in [2.75, 3.05) is 6.54 Å². The molecule has 0 aliphatic carbocycles. The lowest BCUT2D eigenvalue weighted by molar-refractivity contribution is -0.125. The lowest BCUT2D eigenvalue weighted by Gasteiger charge is -2.09. The van der Waals surface area contributed by atoms with Gasteiger partial charge in [-0.05, 0) is 19.9 Å². The van der Waals surface area contributed by atoms with Gasteiger partial charge in [-0.25, -0.2) is 0 Å².